The second kappa shape index (κ2) is 10.7. The minimum atomic E-state index is -0.339. The molecule has 0 spiro atoms. The van der Waals surface area contributed by atoms with Crippen molar-refractivity contribution in [3.05, 3.63) is 96.1 Å². The molecule has 5 rings (SSSR count). The third-order valence-corrected chi connectivity index (χ3v) is 6.60. The monoisotopic (exact) mass is 499 g/mol. The van der Waals surface area contributed by atoms with Gasteiger partial charge in [-0.05, 0) is 72.1 Å². The molecule has 1 atom stereocenters. The summed E-state index contributed by atoms with van der Waals surface area (Å²) >= 11 is 0. The fourth-order valence-electron chi connectivity index (χ4n) is 4.66. The molecule has 0 N–H and O–H groups in total. The lowest BCUT2D eigenvalue weighted by Crippen LogP contribution is -2.42. The van der Waals surface area contributed by atoms with Gasteiger partial charge in [-0.1, -0.05) is 0 Å². The van der Waals surface area contributed by atoms with E-state index in [4.69, 9.17) is 18.9 Å². The molecule has 0 aliphatic carbocycles. The zero-order valence-electron chi connectivity index (χ0n) is 21.1. The predicted octanol–water partition coefficient (Wildman–Crippen LogP) is 4.72. The van der Waals surface area contributed by atoms with E-state index in [-0.39, 0.29) is 18.6 Å². The molecule has 4 aromatic rings. The van der Waals surface area contributed by atoms with Gasteiger partial charge in [0, 0.05) is 25.1 Å². The molecular formula is C29H29N3O5. The number of pyridine rings is 1. The van der Waals surface area contributed by atoms with Crippen LogP contribution in [0, 0.1) is 0 Å². The Morgan fingerprint density at radius 1 is 0.919 bits per heavy atom. The molecule has 2 aromatic heterocycles. The van der Waals surface area contributed by atoms with Crippen molar-refractivity contribution in [1.29, 1.82) is 0 Å². The molecule has 0 radical (unpaired) electrons. The second-order valence-electron chi connectivity index (χ2n) is 8.68. The van der Waals surface area contributed by atoms with Gasteiger partial charge in [0.25, 0.3) is 5.91 Å². The Morgan fingerprint density at radius 2 is 1.62 bits per heavy atom. The first-order valence-electron chi connectivity index (χ1n) is 12.0. The van der Waals surface area contributed by atoms with E-state index >= 15 is 0 Å². The van der Waals surface area contributed by atoms with Crippen LogP contribution in [0.15, 0.2) is 79.4 Å². The first-order valence-corrected chi connectivity index (χ1v) is 12.0. The third kappa shape index (κ3) is 4.95. The van der Waals surface area contributed by atoms with Gasteiger partial charge in [0.05, 0.1) is 44.8 Å². The predicted molar refractivity (Wildman–Crippen MR) is 139 cm³/mol. The Morgan fingerprint density at radius 3 is 2.32 bits per heavy atom. The number of fused-ring (bicyclic) bond motifs is 1. The minimum absolute atomic E-state index is 0.106. The second-order valence-corrected chi connectivity index (χ2v) is 8.68. The Bertz CT molecular complexity index is 1370. The quantitative estimate of drug-likeness (QED) is 0.349. The van der Waals surface area contributed by atoms with E-state index in [0.29, 0.717) is 35.8 Å². The lowest BCUT2D eigenvalue weighted by Gasteiger charge is -2.37. The minimum Gasteiger partial charge on any atom is -0.497 e. The van der Waals surface area contributed by atoms with Crippen LogP contribution in [0.5, 0.6) is 23.0 Å². The summed E-state index contributed by atoms with van der Waals surface area (Å²) < 4.78 is 24.5. The summed E-state index contributed by atoms with van der Waals surface area (Å²) in [7, 11) is 4.86. The lowest BCUT2D eigenvalue weighted by atomic mass is 9.91. The van der Waals surface area contributed by atoms with Gasteiger partial charge in [-0.25, -0.2) is 0 Å². The van der Waals surface area contributed by atoms with Crippen molar-refractivity contribution >= 4 is 5.91 Å². The molecule has 0 bridgehead atoms. The molecule has 190 valence electrons. The van der Waals surface area contributed by atoms with Crippen molar-refractivity contribution in [2.24, 2.45) is 0 Å². The van der Waals surface area contributed by atoms with Crippen LogP contribution >= 0.6 is 0 Å². The van der Waals surface area contributed by atoms with Gasteiger partial charge >= 0.3 is 0 Å². The molecule has 0 fully saturated rings. The van der Waals surface area contributed by atoms with Crippen molar-refractivity contribution < 1.29 is 23.7 Å². The Labute approximate surface area is 216 Å². The van der Waals surface area contributed by atoms with Crippen molar-refractivity contribution in [1.82, 2.24) is 14.5 Å². The summed E-state index contributed by atoms with van der Waals surface area (Å²) in [5, 5.41) is 0. The van der Waals surface area contributed by atoms with Crippen LogP contribution in [0.4, 0.5) is 0 Å². The average Bonchev–Trinajstić information content (AvgIpc) is 3.50. The van der Waals surface area contributed by atoms with E-state index < -0.39 is 0 Å². The van der Waals surface area contributed by atoms with E-state index in [1.165, 1.54) is 0 Å². The van der Waals surface area contributed by atoms with Crippen LogP contribution in [0.2, 0.25) is 0 Å². The van der Waals surface area contributed by atoms with Crippen LogP contribution in [0.3, 0.4) is 0 Å². The standard InChI is InChI=1S/C29H29N3O5/c1-34-23-6-8-24(9-7-23)37-19-26-25-16-28(36-3)27(35-2)15-20(25)10-13-32(26)29(33)21-14-22(18-30-17-21)31-11-4-5-12-31/h4-9,11-12,14-18,26H,10,13,19H2,1-3H3. The molecule has 1 amide bonds. The van der Waals surface area contributed by atoms with Gasteiger partial charge in [0.15, 0.2) is 11.5 Å². The van der Waals surface area contributed by atoms with Crippen LogP contribution in [0.1, 0.15) is 27.5 Å². The highest BCUT2D eigenvalue weighted by atomic mass is 16.5. The molecule has 1 aliphatic heterocycles. The van der Waals surface area contributed by atoms with Crippen LogP contribution < -0.4 is 18.9 Å². The van der Waals surface area contributed by atoms with Crippen LogP contribution in [0.25, 0.3) is 5.69 Å². The van der Waals surface area contributed by atoms with E-state index in [1.54, 1.807) is 33.7 Å². The zero-order valence-corrected chi connectivity index (χ0v) is 21.1. The van der Waals surface area contributed by atoms with Crippen molar-refractivity contribution in [3.63, 3.8) is 0 Å². The summed E-state index contributed by atoms with van der Waals surface area (Å²) in [5.41, 5.74) is 3.42. The number of nitrogens with zero attached hydrogens (tertiary/aromatic N) is 3. The van der Waals surface area contributed by atoms with Crippen molar-refractivity contribution in [3.8, 4) is 28.7 Å². The molecule has 8 nitrogen and oxygen atoms in total. The Balaban J connectivity index is 1.49. The number of methoxy groups -OCH3 is 3. The number of amides is 1. The van der Waals surface area contributed by atoms with E-state index in [0.717, 1.165) is 22.6 Å². The molecular weight excluding hydrogens is 470 g/mol. The summed E-state index contributed by atoms with van der Waals surface area (Å²) in [6.07, 6.45) is 7.89. The third-order valence-electron chi connectivity index (χ3n) is 6.60. The first-order chi connectivity index (χ1) is 18.1. The van der Waals surface area contributed by atoms with Crippen molar-refractivity contribution in [2.75, 3.05) is 34.5 Å². The maximum Gasteiger partial charge on any atom is 0.256 e. The van der Waals surface area contributed by atoms with Crippen LogP contribution in [-0.2, 0) is 6.42 Å². The topological polar surface area (TPSA) is 75.1 Å². The number of carbonyl (C=O) groups is 1. The fourth-order valence-corrected chi connectivity index (χ4v) is 4.66. The highest BCUT2D eigenvalue weighted by molar-refractivity contribution is 5.95. The van der Waals surface area contributed by atoms with Gasteiger partial charge in [-0.3, -0.25) is 9.78 Å². The molecule has 0 saturated carbocycles. The fraction of sp³-hybridized carbons (Fsp3) is 0.241. The summed E-state index contributed by atoms with van der Waals surface area (Å²) in [6, 6.07) is 16.7. The van der Waals surface area contributed by atoms with Crippen molar-refractivity contribution in [2.45, 2.75) is 12.5 Å². The molecule has 37 heavy (non-hydrogen) atoms. The highest BCUT2D eigenvalue weighted by Gasteiger charge is 2.33. The molecule has 8 heteroatoms. The molecule has 1 unspecified atom stereocenters. The average molecular weight is 500 g/mol. The zero-order chi connectivity index (χ0) is 25.8. The number of ether oxygens (including phenoxy) is 4. The first kappa shape index (κ1) is 24.2. The smallest absolute Gasteiger partial charge is 0.256 e. The number of hydrogen-bond acceptors (Lipinski definition) is 6. The van der Waals surface area contributed by atoms with Crippen LogP contribution in [-0.4, -0.2) is 54.8 Å². The number of hydrogen-bond donors (Lipinski definition) is 0. The number of aromatic nitrogens is 2. The number of benzene rings is 2. The molecule has 1 aliphatic rings. The normalized spacial score (nSPS) is 14.6. The molecule has 2 aromatic carbocycles. The molecule has 3 heterocycles. The molecule has 0 saturated heterocycles. The summed E-state index contributed by atoms with van der Waals surface area (Å²) in [6.45, 7) is 0.803. The van der Waals surface area contributed by atoms with E-state index in [1.807, 2.05) is 76.5 Å². The summed E-state index contributed by atoms with van der Waals surface area (Å²) in [5.74, 6) is 2.61. The van der Waals surface area contributed by atoms with E-state index in [9.17, 15) is 4.79 Å². The van der Waals surface area contributed by atoms with Gasteiger partial charge in [-0.2, -0.15) is 0 Å². The SMILES string of the molecule is COc1ccc(OCC2c3cc(OC)c(OC)cc3CCN2C(=O)c2cncc(-n3cccc3)c2)cc1. The lowest BCUT2D eigenvalue weighted by molar-refractivity contribution is 0.0589. The Hall–Kier alpha value is -4.46. The van der Waals surface area contributed by atoms with Gasteiger partial charge < -0.3 is 28.4 Å². The largest absolute Gasteiger partial charge is 0.497 e. The van der Waals surface area contributed by atoms with Gasteiger partial charge in [0.1, 0.15) is 18.1 Å². The summed E-state index contributed by atoms with van der Waals surface area (Å²) in [4.78, 5) is 20.1. The van der Waals surface area contributed by atoms with Gasteiger partial charge in [0.2, 0.25) is 0 Å². The maximum absolute atomic E-state index is 13.9. The van der Waals surface area contributed by atoms with Gasteiger partial charge in [-0.15, -0.1) is 0 Å². The number of carbonyl (C=O) groups excluding carboxylic acids is 1. The number of rotatable bonds is 8. The van der Waals surface area contributed by atoms with E-state index in [2.05, 4.69) is 4.98 Å². The maximum atomic E-state index is 13.9. The highest BCUT2D eigenvalue weighted by Crippen LogP contribution is 2.39. The Kier molecular flexibility index (Phi) is 6.98.